The molecule has 7 heteroatoms. The highest BCUT2D eigenvalue weighted by molar-refractivity contribution is 8.18. The van der Waals surface area contributed by atoms with E-state index in [-0.39, 0.29) is 16.7 Å². The number of amidine groups is 1. The molecule has 0 unspecified atom stereocenters. The number of phenols is 1. The van der Waals surface area contributed by atoms with Crippen molar-refractivity contribution >= 4 is 46.2 Å². The summed E-state index contributed by atoms with van der Waals surface area (Å²) < 4.78 is 13.1. The smallest absolute Gasteiger partial charge is 0.264 e. The molecule has 0 saturated carbocycles. The van der Waals surface area contributed by atoms with Gasteiger partial charge in [0.05, 0.1) is 15.6 Å². The van der Waals surface area contributed by atoms with Crippen molar-refractivity contribution in [1.82, 2.24) is 5.32 Å². The second-order valence-corrected chi connectivity index (χ2v) is 6.11. The van der Waals surface area contributed by atoms with Crippen LogP contribution in [0.2, 0.25) is 5.02 Å². The zero-order valence-electron chi connectivity index (χ0n) is 11.6. The van der Waals surface area contributed by atoms with E-state index in [0.29, 0.717) is 15.8 Å². The highest BCUT2D eigenvalue weighted by atomic mass is 35.5. The Hall–Kier alpha value is -2.31. The first-order chi connectivity index (χ1) is 11.0. The third-order valence-corrected chi connectivity index (χ3v) is 4.18. The van der Waals surface area contributed by atoms with E-state index in [9.17, 15) is 14.3 Å². The van der Waals surface area contributed by atoms with Crippen LogP contribution < -0.4 is 5.32 Å². The zero-order chi connectivity index (χ0) is 16.4. The molecule has 23 heavy (non-hydrogen) atoms. The first-order valence-corrected chi connectivity index (χ1v) is 7.74. The van der Waals surface area contributed by atoms with Gasteiger partial charge in [0.25, 0.3) is 5.91 Å². The van der Waals surface area contributed by atoms with Crippen molar-refractivity contribution < 1.29 is 14.3 Å². The number of hydrogen-bond acceptors (Lipinski definition) is 4. The molecule has 2 aromatic rings. The first kappa shape index (κ1) is 15.6. The molecule has 0 spiro atoms. The molecule has 0 aliphatic carbocycles. The summed E-state index contributed by atoms with van der Waals surface area (Å²) in [7, 11) is 0. The van der Waals surface area contributed by atoms with Gasteiger partial charge in [-0.25, -0.2) is 9.38 Å². The first-order valence-electron chi connectivity index (χ1n) is 6.55. The van der Waals surface area contributed by atoms with Crippen LogP contribution in [0.4, 0.5) is 10.1 Å². The average Bonchev–Trinajstić information content (AvgIpc) is 2.85. The molecule has 1 saturated heterocycles. The molecule has 1 heterocycles. The molecule has 1 amide bonds. The van der Waals surface area contributed by atoms with E-state index in [1.54, 1.807) is 30.3 Å². The lowest BCUT2D eigenvalue weighted by Crippen LogP contribution is -2.19. The highest BCUT2D eigenvalue weighted by Crippen LogP contribution is 2.29. The standard InChI is InChI=1S/C16H10ClFN2O2S/c17-12-8-10(3-6-13(12)18)19-16-20-15(22)14(23-16)7-9-1-4-11(21)5-2-9/h1-8,21H,(H,19,20,22)/b14-7-. The summed E-state index contributed by atoms with van der Waals surface area (Å²) in [6.07, 6.45) is 1.69. The number of aromatic hydroxyl groups is 1. The fourth-order valence-electron chi connectivity index (χ4n) is 1.87. The molecule has 1 fully saturated rings. The maximum absolute atomic E-state index is 13.1. The number of nitrogens with zero attached hydrogens (tertiary/aromatic N) is 1. The number of carbonyl (C=O) groups excluding carboxylic acids is 1. The lowest BCUT2D eigenvalue weighted by atomic mass is 10.2. The van der Waals surface area contributed by atoms with Crippen LogP contribution in [0.3, 0.4) is 0 Å². The van der Waals surface area contributed by atoms with Gasteiger partial charge in [-0.15, -0.1) is 0 Å². The van der Waals surface area contributed by atoms with Gasteiger partial charge in [0.2, 0.25) is 0 Å². The number of benzene rings is 2. The van der Waals surface area contributed by atoms with Crippen LogP contribution in [0.25, 0.3) is 6.08 Å². The van der Waals surface area contributed by atoms with Gasteiger partial charge in [-0.05, 0) is 53.7 Å². The van der Waals surface area contributed by atoms with E-state index in [1.807, 2.05) is 0 Å². The van der Waals surface area contributed by atoms with Gasteiger partial charge in [0.15, 0.2) is 5.17 Å². The van der Waals surface area contributed by atoms with E-state index in [0.717, 1.165) is 5.56 Å². The Morgan fingerprint density at radius 3 is 2.65 bits per heavy atom. The molecule has 0 atom stereocenters. The molecule has 1 aliphatic heterocycles. The highest BCUT2D eigenvalue weighted by Gasteiger charge is 2.23. The molecule has 116 valence electrons. The number of rotatable bonds is 2. The Kier molecular flexibility index (Phi) is 4.36. The molecule has 1 aliphatic rings. The van der Waals surface area contributed by atoms with E-state index < -0.39 is 5.82 Å². The molecule has 2 aromatic carbocycles. The zero-order valence-corrected chi connectivity index (χ0v) is 13.2. The quantitative estimate of drug-likeness (QED) is 0.804. The van der Waals surface area contributed by atoms with Gasteiger partial charge in [-0.1, -0.05) is 23.7 Å². The monoisotopic (exact) mass is 348 g/mol. The summed E-state index contributed by atoms with van der Waals surface area (Å²) in [5, 5.41) is 12.3. The predicted molar refractivity (Wildman–Crippen MR) is 90.3 cm³/mol. The third-order valence-electron chi connectivity index (χ3n) is 2.98. The fourth-order valence-corrected chi connectivity index (χ4v) is 2.89. The second kappa shape index (κ2) is 6.44. The van der Waals surface area contributed by atoms with E-state index >= 15 is 0 Å². The minimum atomic E-state index is -0.522. The number of aliphatic imine (C=N–C) groups is 1. The maximum atomic E-state index is 13.1. The van der Waals surface area contributed by atoms with Crippen molar-refractivity contribution in [3.8, 4) is 5.75 Å². The van der Waals surface area contributed by atoms with Gasteiger partial charge in [0, 0.05) is 0 Å². The summed E-state index contributed by atoms with van der Waals surface area (Å²) in [6.45, 7) is 0. The Labute approximate surface area is 140 Å². The number of thioether (sulfide) groups is 1. The largest absolute Gasteiger partial charge is 0.508 e. The van der Waals surface area contributed by atoms with Crippen molar-refractivity contribution in [2.24, 2.45) is 4.99 Å². The minimum absolute atomic E-state index is 0.0268. The van der Waals surface area contributed by atoms with Crippen LogP contribution in [-0.2, 0) is 4.79 Å². The summed E-state index contributed by atoms with van der Waals surface area (Å²) in [6, 6.07) is 10.6. The van der Waals surface area contributed by atoms with Crippen molar-refractivity contribution in [1.29, 1.82) is 0 Å². The molecule has 3 rings (SSSR count). The maximum Gasteiger partial charge on any atom is 0.264 e. The average molecular weight is 349 g/mol. The molecular weight excluding hydrogens is 339 g/mol. The number of phenolic OH excluding ortho intramolecular Hbond substituents is 1. The summed E-state index contributed by atoms with van der Waals surface area (Å²) >= 11 is 6.88. The van der Waals surface area contributed by atoms with Crippen LogP contribution >= 0.6 is 23.4 Å². The van der Waals surface area contributed by atoms with Crippen LogP contribution in [0, 0.1) is 5.82 Å². The second-order valence-electron chi connectivity index (χ2n) is 4.67. The summed E-state index contributed by atoms with van der Waals surface area (Å²) in [5.74, 6) is -0.632. The normalized spacial score (nSPS) is 17.7. The number of nitrogens with one attached hydrogen (secondary N) is 1. The SMILES string of the molecule is O=C1NC(=Nc2ccc(F)c(Cl)c2)S/C1=C\c1ccc(O)cc1. The van der Waals surface area contributed by atoms with E-state index in [1.165, 1.54) is 30.0 Å². The summed E-state index contributed by atoms with van der Waals surface area (Å²) in [5.41, 5.74) is 1.23. The van der Waals surface area contributed by atoms with Crippen molar-refractivity contribution in [2.45, 2.75) is 0 Å². The lowest BCUT2D eigenvalue weighted by Gasteiger charge is -1.98. The van der Waals surface area contributed by atoms with Gasteiger partial charge in [-0.2, -0.15) is 0 Å². The number of hydrogen-bond donors (Lipinski definition) is 2. The van der Waals surface area contributed by atoms with Gasteiger partial charge < -0.3 is 10.4 Å². The van der Waals surface area contributed by atoms with Crippen molar-refractivity contribution in [2.75, 3.05) is 0 Å². The Morgan fingerprint density at radius 1 is 1.22 bits per heavy atom. The molecule has 0 bridgehead atoms. The van der Waals surface area contributed by atoms with Crippen LogP contribution in [0.1, 0.15) is 5.56 Å². The lowest BCUT2D eigenvalue weighted by molar-refractivity contribution is -0.115. The fraction of sp³-hybridized carbons (Fsp3) is 0. The number of amides is 1. The summed E-state index contributed by atoms with van der Waals surface area (Å²) in [4.78, 5) is 16.7. The Morgan fingerprint density at radius 2 is 1.96 bits per heavy atom. The van der Waals surface area contributed by atoms with E-state index in [2.05, 4.69) is 10.3 Å². The molecule has 0 radical (unpaired) electrons. The third kappa shape index (κ3) is 3.72. The molecule has 0 aromatic heterocycles. The van der Waals surface area contributed by atoms with Crippen LogP contribution in [-0.4, -0.2) is 16.2 Å². The van der Waals surface area contributed by atoms with Crippen LogP contribution in [0.15, 0.2) is 52.4 Å². The van der Waals surface area contributed by atoms with Crippen molar-refractivity contribution in [3.05, 3.63) is 63.8 Å². The van der Waals surface area contributed by atoms with Gasteiger partial charge in [0.1, 0.15) is 11.6 Å². The molecule has 4 nitrogen and oxygen atoms in total. The van der Waals surface area contributed by atoms with Crippen LogP contribution in [0.5, 0.6) is 5.75 Å². The Balaban J connectivity index is 1.82. The van der Waals surface area contributed by atoms with Crippen molar-refractivity contribution in [3.63, 3.8) is 0 Å². The van der Waals surface area contributed by atoms with E-state index in [4.69, 9.17) is 11.6 Å². The number of halogens is 2. The number of carbonyl (C=O) groups is 1. The molecule has 2 N–H and O–H groups in total. The minimum Gasteiger partial charge on any atom is -0.508 e. The topological polar surface area (TPSA) is 61.7 Å². The molecular formula is C16H10ClFN2O2S. The van der Waals surface area contributed by atoms with Gasteiger partial charge >= 0.3 is 0 Å². The Bertz CT molecular complexity index is 834. The van der Waals surface area contributed by atoms with Gasteiger partial charge in [-0.3, -0.25) is 4.79 Å². The predicted octanol–water partition coefficient (Wildman–Crippen LogP) is 4.08.